The average Bonchev–Trinajstić information content (AvgIpc) is 2.58. The summed E-state index contributed by atoms with van der Waals surface area (Å²) in [5, 5.41) is 6.45. The van der Waals surface area contributed by atoms with E-state index in [2.05, 4.69) is 12.1 Å². The fraction of sp³-hybridized carbons (Fsp3) is 0.857. The zero-order chi connectivity index (χ0) is 6.27. The van der Waals surface area contributed by atoms with E-state index in [1.165, 1.54) is 25.0 Å². The van der Waals surface area contributed by atoms with Gasteiger partial charge in [0.15, 0.2) is 0 Å². The monoisotopic (exact) mass is 124 g/mol. The van der Waals surface area contributed by atoms with E-state index in [1.807, 2.05) is 5.01 Å². The van der Waals surface area contributed by atoms with Gasteiger partial charge in [-0.2, -0.15) is 5.10 Å². The predicted octanol–water partition coefficient (Wildman–Crippen LogP) is 1.09. The molecule has 0 bridgehead atoms. The predicted molar refractivity (Wildman–Crippen MR) is 37.4 cm³/mol. The molecule has 1 aliphatic carbocycles. The van der Waals surface area contributed by atoms with E-state index in [1.54, 1.807) is 0 Å². The Balaban J connectivity index is 2.03. The van der Waals surface area contributed by atoms with Gasteiger partial charge in [0.2, 0.25) is 0 Å². The highest BCUT2D eigenvalue weighted by atomic mass is 15.5. The van der Waals surface area contributed by atoms with Crippen molar-refractivity contribution < 1.29 is 0 Å². The SMILES string of the molecule is CN1CCC(C2CC2)=N1. The molecule has 0 amide bonds. The van der Waals surface area contributed by atoms with Crippen LogP contribution in [-0.2, 0) is 0 Å². The first-order chi connectivity index (χ1) is 4.36. The standard InChI is InChI=1S/C7H12N2/c1-9-5-4-7(8-9)6-2-3-6/h6H,2-5H2,1H3. The van der Waals surface area contributed by atoms with E-state index in [9.17, 15) is 0 Å². The van der Waals surface area contributed by atoms with Gasteiger partial charge in [-0.25, -0.2) is 0 Å². The van der Waals surface area contributed by atoms with Crippen LogP contribution in [0.1, 0.15) is 19.3 Å². The molecule has 2 nitrogen and oxygen atoms in total. The Morgan fingerprint density at radius 2 is 2.33 bits per heavy atom. The second-order valence-electron chi connectivity index (χ2n) is 3.00. The van der Waals surface area contributed by atoms with Crippen molar-refractivity contribution in [1.29, 1.82) is 0 Å². The highest BCUT2D eigenvalue weighted by molar-refractivity contribution is 5.89. The van der Waals surface area contributed by atoms with Crippen molar-refractivity contribution in [3.8, 4) is 0 Å². The Morgan fingerprint density at radius 3 is 2.78 bits per heavy atom. The minimum atomic E-state index is 0.884. The van der Waals surface area contributed by atoms with E-state index < -0.39 is 0 Å². The van der Waals surface area contributed by atoms with Crippen LogP contribution in [0.4, 0.5) is 0 Å². The molecule has 9 heavy (non-hydrogen) atoms. The van der Waals surface area contributed by atoms with E-state index in [0.717, 1.165) is 12.5 Å². The molecule has 0 saturated heterocycles. The highest BCUT2D eigenvalue weighted by Gasteiger charge is 2.29. The third-order valence-corrected chi connectivity index (χ3v) is 2.04. The first-order valence-electron chi connectivity index (χ1n) is 3.65. The summed E-state index contributed by atoms with van der Waals surface area (Å²) in [5.74, 6) is 0.884. The number of nitrogens with zero attached hydrogens (tertiary/aromatic N) is 2. The quantitative estimate of drug-likeness (QED) is 0.511. The van der Waals surface area contributed by atoms with Crippen molar-refractivity contribution in [2.75, 3.05) is 13.6 Å². The number of rotatable bonds is 1. The van der Waals surface area contributed by atoms with Crippen LogP contribution in [0.25, 0.3) is 0 Å². The van der Waals surface area contributed by atoms with Crippen LogP contribution in [0.5, 0.6) is 0 Å². The molecule has 0 N–H and O–H groups in total. The second-order valence-corrected chi connectivity index (χ2v) is 3.00. The molecular weight excluding hydrogens is 112 g/mol. The van der Waals surface area contributed by atoms with Crippen LogP contribution in [-0.4, -0.2) is 24.3 Å². The lowest BCUT2D eigenvalue weighted by atomic mass is 10.2. The van der Waals surface area contributed by atoms with Gasteiger partial charge in [-0.15, -0.1) is 0 Å². The molecule has 0 aromatic heterocycles. The van der Waals surface area contributed by atoms with Gasteiger partial charge in [-0.3, -0.25) is 5.01 Å². The summed E-state index contributed by atoms with van der Waals surface area (Å²) in [6, 6.07) is 0. The molecule has 0 unspecified atom stereocenters. The molecule has 1 saturated carbocycles. The normalized spacial score (nSPS) is 26.8. The molecule has 50 valence electrons. The summed E-state index contributed by atoms with van der Waals surface area (Å²) in [4.78, 5) is 0. The minimum Gasteiger partial charge on any atom is -0.300 e. The van der Waals surface area contributed by atoms with Gasteiger partial charge in [0.25, 0.3) is 0 Å². The van der Waals surface area contributed by atoms with E-state index in [0.29, 0.717) is 0 Å². The van der Waals surface area contributed by atoms with E-state index in [4.69, 9.17) is 0 Å². The Labute approximate surface area is 55.5 Å². The fourth-order valence-corrected chi connectivity index (χ4v) is 1.30. The van der Waals surface area contributed by atoms with Crippen molar-refractivity contribution in [2.24, 2.45) is 11.0 Å². The second kappa shape index (κ2) is 1.72. The summed E-state index contributed by atoms with van der Waals surface area (Å²) in [5.41, 5.74) is 1.46. The summed E-state index contributed by atoms with van der Waals surface area (Å²) < 4.78 is 0. The lowest BCUT2D eigenvalue weighted by Gasteiger charge is -2.00. The summed E-state index contributed by atoms with van der Waals surface area (Å²) in [6.07, 6.45) is 4.01. The van der Waals surface area contributed by atoms with Gasteiger partial charge >= 0.3 is 0 Å². The van der Waals surface area contributed by atoms with Crippen molar-refractivity contribution in [1.82, 2.24) is 5.01 Å². The maximum absolute atomic E-state index is 4.40. The molecule has 1 heterocycles. The van der Waals surface area contributed by atoms with Gasteiger partial charge < -0.3 is 0 Å². The molecule has 2 rings (SSSR count). The lowest BCUT2D eigenvalue weighted by molar-refractivity contribution is 0.392. The zero-order valence-corrected chi connectivity index (χ0v) is 5.80. The summed E-state index contributed by atoms with van der Waals surface area (Å²) in [6.45, 7) is 1.14. The number of hydrazone groups is 1. The molecule has 2 aliphatic rings. The summed E-state index contributed by atoms with van der Waals surface area (Å²) in [7, 11) is 2.05. The maximum Gasteiger partial charge on any atom is 0.0429 e. The van der Waals surface area contributed by atoms with Crippen molar-refractivity contribution in [3.05, 3.63) is 0 Å². The Bertz CT molecular complexity index is 147. The lowest BCUT2D eigenvalue weighted by Crippen LogP contribution is -2.04. The largest absolute Gasteiger partial charge is 0.300 e. The van der Waals surface area contributed by atoms with Crippen molar-refractivity contribution in [3.63, 3.8) is 0 Å². The smallest absolute Gasteiger partial charge is 0.0429 e. The molecule has 0 spiro atoms. The van der Waals surface area contributed by atoms with Crippen LogP contribution in [0, 0.1) is 5.92 Å². The van der Waals surface area contributed by atoms with Gasteiger partial charge in [-0.05, 0) is 18.8 Å². The molecule has 0 atom stereocenters. The maximum atomic E-state index is 4.40. The summed E-state index contributed by atoms with van der Waals surface area (Å²) >= 11 is 0. The first-order valence-corrected chi connectivity index (χ1v) is 3.65. The fourth-order valence-electron chi connectivity index (χ4n) is 1.30. The topological polar surface area (TPSA) is 15.6 Å². The van der Waals surface area contributed by atoms with Crippen LogP contribution in [0.2, 0.25) is 0 Å². The average molecular weight is 124 g/mol. The Morgan fingerprint density at radius 1 is 1.56 bits per heavy atom. The first kappa shape index (κ1) is 5.27. The third kappa shape index (κ3) is 0.934. The molecule has 0 radical (unpaired) electrons. The molecule has 2 heteroatoms. The molecule has 0 aromatic carbocycles. The minimum absolute atomic E-state index is 0.884. The number of hydrogen-bond donors (Lipinski definition) is 0. The zero-order valence-electron chi connectivity index (χ0n) is 5.80. The Hall–Kier alpha value is -0.530. The van der Waals surface area contributed by atoms with E-state index in [-0.39, 0.29) is 0 Å². The van der Waals surface area contributed by atoms with Gasteiger partial charge in [0.1, 0.15) is 0 Å². The van der Waals surface area contributed by atoms with Crippen LogP contribution >= 0.6 is 0 Å². The van der Waals surface area contributed by atoms with Crippen LogP contribution in [0.15, 0.2) is 5.10 Å². The van der Waals surface area contributed by atoms with Gasteiger partial charge in [-0.1, -0.05) is 0 Å². The molecule has 1 aliphatic heterocycles. The van der Waals surface area contributed by atoms with Crippen molar-refractivity contribution in [2.45, 2.75) is 19.3 Å². The molecule has 0 aromatic rings. The third-order valence-electron chi connectivity index (χ3n) is 2.04. The van der Waals surface area contributed by atoms with Crippen LogP contribution in [0.3, 0.4) is 0 Å². The number of hydrogen-bond acceptors (Lipinski definition) is 2. The van der Waals surface area contributed by atoms with Crippen molar-refractivity contribution >= 4 is 5.71 Å². The molecular formula is C7H12N2. The van der Waals surface area contributed by atoms with E-state index >= 15 is 0 Å². The van der Waals surface area contributed by atoms with Crippen LogP contribution < -0.4 is 0 Å². The van der Waals surface area contributed by atoms with Gasteiger partial charge in [0, 0.05) is 25.7 Å². The molecule has 1 fully saturated rings. The van der Waals surface area contributed by atoms with Gasteiger partial charge in [0.05, 0.1) is 0 Å². The Kier molecular flexibility index (Phi) is 1.01. The highest BCUT2D eigenvalue weighted by Crippen LogP contribution is 2.33.